The fourth-order valence-corrected chi connectivity index (χ4v) is 3.30. The van der Waals surface area contributed by atoms with E-state index in [-0.39, 0.29) is 18.2 Å². The number of carbonyl (C=O) groups is 2. The lowest BCUT2D eigenvalue weighted by molar-refractivity contribution is -0.140. The second-order valence-corrected chi connectivity index (χ2v) is 8.01. The van der Waals surface area contributed by atoms with Gasteiger partial charge in [-0.3, -0.25) is 9.59 Å². The molecule has 0 unspecified atom stereocenters. The molecule has 2 aromatic rings. The molecule has 0 spiro atoms. The van der Waals surface area contributed by atoms with E-state index in [2.05, 4.69) is 5.32 Å². The molecular formula is C22H26Cl2N2O2. The minimum absolute atomic E-state index is 0.0349. The summed E-state index contributed by atoms with van der Waals surface area (Å²) in [5, 5.41) is 3.79. The maximum Gasteiger partial charge on any atom is 0.242 e. The quantitative estimate of drug-likeness (QED) is 0.670. The van der Waals surface area contributed by atoms with Crippen LogP contribution in [0.5, 0.6) is 0 Å². The monoisotopic (exact) mass is 420 g/mol. The Morgan fingerprint density at radius 3 is 2.14 bits per heavy atom. The predicted molar refractivity (Wildman–Crippen MR) is 114 cm³/mol. The highest BCUT2D eigenvalue weighted by molar-refractivity contribution is 6.36. The van der Waals surface area contributed by atoms with E-state index >= 15 is 0 Å². The van der Waals surface area contributed by atoms with E-state index in [1.54, 1.807) is 30.0 Å². The van der Waals surface area contributed by atoms with Crippen molar-refractivity contribution in [2.45, 2.75) is 39.8 Å². The number of halogens is 2. The summed E-state index contributed by atoms with van der Waals surface area (Å²) in [5.74, 6) is -0.0503. The van der Waals surface area contributed by atoms with Crippen molar-refractivity contribution < 1.29 is 9.59 Å². The van der Waals surface area contributed by atoms with E-state index in [4.69, 9.17) is 23.2 Å². The lowest BCUT2D eigenvalue weighted by Gasteiger charge is -2.29. The van der Waals surface area contributed by atoms with Crippen molar-refractivity contribution >= 4 is 35.0 Å². The SMILES string of the molecule is CC(C)CNC(=O)[C@@H](C)N(Cc1ccccc1)C(=O)Cc1c(Cl)cccc1Cl. The standard InChI is InChI=1S/C22H26Cl2N2O2/c1-15(2)13-25-22(28)16(3)26(14-17-8-5-4-6-9-17)21(27)12-18-19(23)10-7-11-20(18)24/h4-11,15-16H,12-14H2,1-3H3,(H,25,28)/t16-/m1/s1. The molecule has 2 aromatic carbocycles. The summed E-state index contributed by atoms with van der Waals surface area (Å²) in [6, 6.07) is 14.1. The minimum Gasteiger partial charge on any atom is -0.354 e. The Hall–Kier alpha value is -2.04. The molecule has 6 heteroatoms. The Morgan fingerprint density at radius 1 is 0.964 bits per heavy atom. The number of amides is 2. The molecule has 0 saturated carbocycles. The Kier molecular flexibility index (Phi) is 8.34. The highest BCUT2D eigenvalue weighted by Crippen LogP contribution is 2.25. The maximum absolute atomic E-state index is 13.1. The molecule has 2 rings (SSSR count). The van der Waals surface area contributed by atoms with Crippen LogP contribution in [0.25, 0.3) is 0 Å². The summed E-state index contributed by atoms with van der Waals surface area (Å²) >= 11 is 12.5. The van der Waals surface area contributed by atoms with Crippen molar-refractivity contribution in [1.29, 1.82) is 0 Å². The van der Waals surface area contributed by atoms with Crippen LogP contribution in [0.15, 0.2) is 48.5 Å². The number of carbonyl (C=O) groups excluding carboxylic acids is 2. The largest absolute Gasteiger partial charge is 0.354 e. The van der Waals surface area contributed by atoms with Crippen molar-refractivity contribution in [2.24, 2.45) is 5.92 Å². The molecule has 0 fully saturated rings. The summed E-state index contributed by atoms with van der Waals surface area (Å²) in [5.41, 5.74) is 1.52. The summed E-state index contributed by atoms with van der Waals surface area (Å²) in [7, 11) is 0. The van der Waals surface area contributed by atoms with Gasteiger partial charge in [-0.15, -0.1) is 0 Å². The number of hydrogen-bond donors (Lipinski definition) is 1. The third-order valence-corrected chi connectivity index (χ3v) is 5.15. The van der Waals surface area contributed by atoms with E-state index in [1.165, 1.54) is 0 Å². The highest BCUT2D eigenvalue weighted by atomic mass is 35.5. The summed E-state index contributed by atoms with van der Waals surface area (Å²) in [6.45, 7) is 6.68. The van der Waals surface area contributed by atoms with Crippen LogP contribution in [0.4, 0.5) is 0 Å². The molecule has 0 bridgehead atoms. The average molecular weight is 421 g/mol. The Labute approximate surface area is 176 Å². The van der Waals surface area contributed by atoms with Crippen LogP contribution in [0.1, 0.15) is 31.9 Å². The number of rotatable bonds is 8. The van der Waals surface area contributed by atoms with Crippen LogP contribution < -0.4 is 5.32 Å². The zero-order chi connectivity index (χ0) is 20.7. The summed E-state index contributed by atoms with van der Waals surface area (Å²) < 4.78 is 0. The Morgan fingerprint density at radius 2 is 1.57 bits per heavy atom. The molecule has 0 aliphatic carbocycles. The second-order valence-electron chi connectivity index (χ2n) is 7.20. The van der Waals surface area contributed by atoms with Crippen molar-refractivity contribution in [1.82, 2.24) is 10.2 Å². The molecule has 0 aliphatic rings. The average Bonchev–Trinajstić information content (AvgIpc) is 2.67. The van der Waals surface area contributed by atoms with Crippen LogP contribution in [-0.2, 0) is 22.6 Å². The Balaban J connectivity index is 2.23. The van der Waals surface area contributed by atoms with Crippen LogP contribution in [-0.4, -0.2) is 29.3 Å². The minimum atomic E-state index is -0.618. The van der Waals surface area contributed by atoms with Crippen LogP contribution in [0.2, 0.25) is 10.0 Å². The first kappa shape index (κ1) is 22.3. The lowest BCUT2D eigenvalue weighted by Crippen LogP contribution is -2.48. The first-order valence-corrected chi connectivity index (χ1v) is 10.1. The molecule has 28 heavy (non-hydrogen) atoms. The van der Waals surface area contributed by atoms with Gasteiger partial charge in [0.1, 0.15) is 6.04 Å². The molecule has 0 heterocycles. The smallest absolute Gasteiger partial charge is 0.242 e. The molecule has 1 atom stereocenters. The van der Waals surface area contributed by atoms with Gasteiger partial charge in [0.2, 0.25) is 11.8 Å². The molecule has 0 saturated heterocycles. The van der Waals surface area contributed by atoms with Gasteiger partial charge in [-0.2, -0.15) is 0 Å². The first-order chi connectivity index (χ1) is 13.3. The van der Waals surface area contributed by atoms with Crippen LogP contribution in [0.3, 0.4) is 0 Å². The fourth-order valence-electron chi connectivity index (χ4n) is 2.77. The maximum atomic E-state index is 13.1. The zero-order valence-electron chi connectivity index (χ0n) is 16.4. The van der Waals surface area contributed by atoms with Crippen molar-refractivity contribution in [2.75, 3.05) is 6.54 Å². The molecule has 4 nitrogen and oxygen atoms in total. The van der Waals surface area contributed by atoms with Gasteiger partial charge >= 0.3 is 0 Å². The third-order valence-electron chi connectivity index (χ3n) is 4.44. The van der Waals surface area contributed by atoms with Gasteiger partial charge < -0.3 is 10.2 Å². The molecule has 0 aromatic heterocycles. The second kappa shape index (κ2) is 10.5. The van der Waals surface area contributed by atoms with E-state index < -0.39 is 6.04 Å². The zero-order valence-corrected chi connectivity index (χ0v) is 17.9. The van der Waals surface area contributed by atoms with E-state index in [9.17, 15) is 9.59 Å². The van der Waals surface area contributed by atoms with Gasteiger partial charge in [-0.1, -0.05) is 73.4 Å². The molecule has 0 radical (unpaired) electrons. The molecular weight excluding hydrogens is 395 g/mol. The van der Waals surface area contributed by atoms with Crippen molar-refractivity contribution in [3.8, 4) is 0 Å². The van der Waals surface area contributed by atoms with E-state index in [0.717, 1.165) is 5.56 Å². The van der Waals surface area contributed by atoms with Gasteiger partial charge in [-0.25, -0.2) is 0 Å². The third kappa shape index (κ3) is 6.25. The van der Waals surface area contributed by atoms with Crippen molar-refractivity contribution in [3.63, 3.8) is 0 Å². The number of nitrogens with zero attached hydrogens (tertiary/aromatic N) is 1. The number of hydrogen-bond acceptors (Lipinski definition) is 2. The predicted octanol–water partition coefficient (Wildman–Crippen LogP) is 4.73. The topological polar surface area (TPSA) is 49.4 Å². The van der Waals surface area contributed by atoms with Crippen LogP contribution in [0, 0.1) is 5.92 Å². The van der Waals surface area contributed by atoms with E-state index in [1.807, 2.05) is 44.2 Å². The fraction of sp³-hybridized carbons (Fsp3) is 0.364. The molecule has 2 amide bonds. The van der Waals surface area contributed by atoms with Crippen LogP contribution >= 0.6 is 23.2 Å². The Bertz CT molecular complexity index is 789. The summed E-state index contributed by atoms with van der Waals surface area (Å²) in [6.07, 6.45) is 0.0349. The first-order valence-electron chi connectivity index (χ1n) is 9.33. The molecule has 1 N–H and O–H groups in total. The highest BCUT2D eigenvalue weighted by Gasteiger charge is 2.27. The summed E-state index contributed by atoms with van der Waals surface area (Å²) in [4.78, 5) is 27.3. The van der Waals surface area contributed by atoms with Crippen molar-refractivity contribution in [3.05, 3.63) is 69.7 Å². The molecule has 0 aliphatic heterocycles. The van der Waals surface area contributed by atoms with Gasteiger partial charge in [0.15, 0.2) is 0 Å². The lowest BCUT2D eigenvalue weighted by atomic mass is 10.1. The van der Waals surface area contributed by atoms with Gasteiger partial charge in [0.25, 0.3) is 0 Å². The normalized spacial score (nSPS) is 11.9. The van der Waals surface area contributed by atoms with E-state index in [0.29, 0.717) is 34.6 Å². The molecule has 150 valence electrons. The van der Waals surface area contributed by atoms with Gasteiger partial charge in [0, 0.05) is 23.1 Å². The van der Waals surface area contributed by atoms with Gasteiger partial charge in [-0.05, 0) is 36.1 Å². The van der Waals surface area contributed by atoms with Gasteiger partial charge in [0.05, 0.1) is 6.42 Å². The number of nitrogens with one attached hydrogen (secondary N) is 1. The number of benzene rings is 2.